The summed E-state index contributed by atoms with van der Waals surface area (Å²) in [6, 6.07) is 26.9. The highest BCUT2D eigenvalue weighted by Gasteiger charge is 2.36. The van der Waals surface area contributed by atoms with Crippen LogP contribution in [-0.4, -0.2) is 49.2 Å². The van der Waals surface area contributed by atoms with E-state index in [2.05, 4.69) is 4.98 Å². The normalized spacial score (nSPS) is 15.9. The second-order valence-corrected chi connectivity index (χ2v) is 8.91. The molecular weight excluding hydrogens is 527 g/mol. The third-order valence-corrected chi connectivity index (χ3v) is 5.81. The van der Waals surface area contributed by atoms with Crippen LogP contribution in [0.1, 0.15) is 17.4 Å². The maximum atomic E-state index is 12.6. The van der Waals surface area contributed by atoms with Gasteiger partial charge in [0, 0.05) is 10.9 Å². The summed E-state index contributed by atoms with van der Waals surface area (Å²) in [5, 5.41) is 1.08. The van der Waals surface area contributed by atoms with Gasteiger partial charge in [-0.1, -0.05) is 42.5 Å². The molecule has 0 fully saturated rings. The van der Waals surface area contributed by atoms with Crippen LogP contribution >= 0.6 is 24.8 Å². The minimum Gasteiger partial charge on any atom is -0.489 e. The first kappa shape index (κ1) is 29.0. The van der Waals surface area contributed by atoms with Crippen LogP contribution in [0.5, 0.6) is 17.2 Å². The molecule has 0 aliphatic carbocycles. The number of carbonyl (C=O) groups is 1. The summed E-state index contributed by atoms with van der Waals surface area (Å²) in [6.45, 7) is 0.719. The molecule has 0 spiro atoms. The van der Waals surface area contributed by atoms with Gasteiger partial charge in [-0.3, -0.25) is 9.69 Å². The Morgan fingerprint density at radius 2 is 1.71 bits per heavy atom. The molecule has 1 aliphatic heterocycles. The molecule has 0 radical (unpaired) electrons. The lowest BCUT2D eigenvalue weighted by atomic mass is 10.00. The van der Waals surface area contributed by atoms with Crippen molar-refractivity contribution in [1.29, 1.82) is 0 Å². The average Bonchev–Trinajstić information content (AvgIpc) is 2.89. The SMILES string of the molecule is CN(C)CC(=O)O[C@@H]1c2cc(OCc3ccc4ccccc4n3)ccc2OC[C@@H]1Oc1ccccc1.Cl.Cl. The number of benzene rings is 3. The molecule has 0 amide bonds. The van der Waals surface area contributed by atoms with Gasteiger partial charge in [0.25, 0.3) is 0 Å². The maximum absolute atomic E-state index is 12.6. The standard InChI is InChI=1S/C29H28N2O5.2ClH/c1-31(2)17-28(32)36-29-24-16-23(33-18-21-13-12-20-8-6-7-11-25(20)30-21)14-15-26(24)34-19-27(29)35-22-9-4-3-5-10-22;;/h3-16,27,29H,17-19H2,1-2H3;2*1H/t27-,29+;;/m0../s1. The number of pyridine rings is 1. The number of likely N-dealkylation sites (N-methyl/N-ethyl adjacent to an activating group) is 1. The molecule has 9 heteroatoms. The first-order valence-corrected chi connectivity index (χ1v) is 11.9. The van der Waals surface area contributed by atoms with Gasteiger partial charge in [-0.15, -0.1) is 24.8 Å². The Balaban J connectivity index is 0.00000200. The van der Waals surface area contributed by atoms with Gasteiger partial charge < -0.3 is 18.9 Å². The Morgan fingerprint density at radius 3 is 2.50 bits per heavy atom. The zero-order valence-corrected chi connectivity index (χ0v) is 22.7. The predicted molar refractivity (Wildman–Crippen MR) is 151 cm³/mol. The van der Waals surface area contributed by atoms with E-state index in [1.165, 1.54) is 0 Å². The van der Waals surface area contributed by atoms with Crippen LogP contribution in [0, 0.1) is 0 Å². The van der Waals surface area contributed by atoms with E-state index in [1.54, 1.807) is 4.90 Å². The van der Waals surface area contributed by atoms with Crippen LogP contribution in [0.2, 0.25) is 0 Å². The van der Waals surface area contributed by atoms with Crippen molar-refractivity contribution in [2.45, 2.75) is 18.8 Å². The second-order valence-electron chi connectivity index (χ2n) is 8.91. The Bertz CT molecular complexity index is 1350. The predicted octanol–water partition coefficient (Wildman–Crippen LogP) is 5.64. The Hall–Kier alpha value is -3.52. The minimum atomic E-state index is -0.649. The summed E-state index contributed by atoms with van der Waals surface area (Å²) >= 11 is 0. The van der Waals surface area contributed by atoms with Gasteiger partial charge in [-0.25, -0.2) is 4.98 Å². The van der Waals surface area contributed by atoms with E-state index in [0.717, 1.165) is 16.6 Å². The third-order valence-electron chi connectivity index (χ3n) is 5.81. The fourth-order valence-electron chi connectivity index (χ4n) is 4.12. The molecule has 1 aromatic heterocycles. The summed E-state index contributed by atoms with van der Waals surface area (Å²) in [5.41, 5.74) is 2.45. The zero-order valence-electron chi connectivity index (χ0n) is 21.1. The van der Waals surface area contributed by atoms with E-state index < -0.39 is 12.2 Å². The van der Waals surface area contributed by atoms with Gasteiger partial charge in [0.2, 0.25) is 0 Å². The molecule has 38 heavy (non-hydrogen) atoms. The second kappa shape index (κ2) is 13.3. The summed E-state index contributed by atoms with van der Waals surface area (Å²) in [5.74, 6) is 1.60. The average molecular weight is 557 g/mol. The number of carbonyl (C=O) groups excluding carboxylic acids is 1. The molecule has 1 aliphatic rings. The topological polar surface area (TPSA) is 70.1 Å². The highest BCUT2D eigenvalue weighted by atomic mass is 35.5. The number of aromatic nitrogens is 1. The molecule has 3 aromatic carbocycles. The Kier molecular flexibility index (Phi) is 10.2. The first-order valence-electron chi connectivity index (χ1n) is 11.9. The lowest BCUT2D eigenvalue weighted by molar-refractivity contribution is -0.157. The first-order chi connectivity index (χ1) is 17.5. The quantitative estimate of drug-likeness (QED) is 0.260. The molecule has 2 atom stereocenters. The number of rotatable bonds is 8. The lowest BCUT2D eigenvalue weighted by Gasteiger charge is -2.33. The van der Waals surface area contributed by atoms with E-state index >= 15 is 0 Å². The number of halogens is 2. The number of hydrogen-bond donors (Lipinski definition) is 0. The number of hydrogen-bond acceptors (Lipinski definition) is 7. The van der Waals surface area contributed by atoms with E-state index in [1.807, 2.05) is 99.0 Å². The maximum Gasteiger partial charge on any atom is 0.320 e. The third kappa shape index (κ3) is 7.07. The van der Waals surface area contributed by atoms with E-state index in [0.29, 0.717) is 29.4 Å². The number of nitrogens with zero attached hydrogens (tertiary/aromatic N) is 2. The molecule has 2 heterocycles. The van der Waals surface area contributed by atoms with Crippen LogP contribution in [0.25, 0.3) is 10.9 Å². The molecule has 0 saturated heterocycles. The van der Waals surface area contributed by atoms with E-state index in [-0.39, 0.29) is 43.9 Å². The van der Waals surface area contributed by atoms with Crippen molar-refractivity contribution >= 4 is 41.7 Å². The number of para-hydroxylation sites is 2. The molecule has 0 bridgehead atoms. The molecule has 5 rings (SSSR count). The van der Waals surface area contributed by atoms with E-state index in [4.69, 9.17) is 18.9 Å². The Morgan fingerprint density at radius 1 is 0.947 bits per heavy atom. The summed E-state index contributed by atoms with van der Waals surface area (Å²) in [7, 11) is 3.65. The highest BCUT2D eigenvalue weighted by Crippen LogP contribution is 2.39. The van der Waals surface area contributed by atoms with Crippen molar-refractivity contribution in [3.8, 4) is 17.2 Å². The van der Waals surface area contributed by atoms with Crippen LogP contribution < -0.4 is 14.2 Å². The fraction of sp³-hybridized carbons (Fsp3) is 0.241. The highest BCUT2D eigenvalue weighted by molar-refractivity contribution is 5.85. The van der Waals surface area contributed by atoms with Gasteiger partial charge >= 0.3 is 5.97 Å². The van der Waals surface area contributed by atoms with Gasteiger partial charge in [-0.05, 0) is 56.6 Å². The van der Waals surface area contributed by atoms with Crippen molar-refractivity contribution in [3.05, 3.63) is 96.2 Å². The molecule has 7 nitrogen and oxygen atoms in total. The van der Waals surface area contributed by atoms with Crippen LogP contribution in [-0.2, 0) is 16.1 Å². The van der Waals surface area contributed by atoms with Crippen molar-refractivity contribution in [1.82, 2.24) is 9.88 Å². The number of fused-ring (bicyclic) bond motifs is 2. The lowest BCUT2D eigenvalue weighted by Crippen LogP contribution is -2.39. The summed E-state index contributed by atoms with van der Waals surface area (Å²) in [6.07, 6.45) is -1.16. The van der Waals surface area contributed by atoms with Crippen molar-refractivity contribution in [2.75, 3.05) is 27.2 Å². The molecule has 4 aromatic rings. The van der Waals surface area contributed by atoms with Gasteiger partial charge in [-0.2, -0.15) is 0 Å². The Labute approximate surface area is 234 Å². The summed E-state index contributed by atoms with van der Waals surface area (Å²) in [4.78, 5) is 19.1. The van der Waals surface area contributed by atoms with Crippen LogP contribution in [0.4, 0.5) is 0 Å². The van der Waals surface area contributed by atoms with Crippen LogP contribution in [0.15, 0.2) is 84.9 Å². The molecular formula is C29H30Cl2N2O5. The number of ether oxygens (including phenoxy) is 4. The van der Waals surface area contributed by atoms with Crippen molar-refractivity contribution in [3.63, 3.8) is 0 Å². The molecule has 200 valence electrons. The fourth-order valence-corrected chi connectivity index (χ4v) is 4.12. The monoisotopic (exact) mass is 556 g/mol. The van der Waals surface area contributed by atoms with Crippen LogP contribution in [0.3, 0.4) is 0 Å². The largest absolute Gasteiger partial charge is 0.489 e. The van der Waals surface area contributed by atoms with Gasteiger partial charge in [0.05, 0.1) is 17.8 Å². The van der Waals surface area contributed by atoms with Crippen molar-refractivity contribution < 1.29 is 23.7 Å². The number of esters is 1. The summed E-state index contributed by atoms with van der Waals surface area (Å²) < 4.78 is 24.1. The smallest absolute Gasteiger partial charge is 0.320 e. The molecule has 0 unspecified atom stereocenters. The van der Waals surface area contributed by atoms with E-state index in [9.17, 15) is 4.79 Å². The van der Waals surface area contributed by atoms with Gasteiger partial charge in [0.15, 0.2) is 12.2 Å². The molecule has 0 saturated carbocycles. The molecule has 0 N–H and O–H groups in total. The van der Waals surface area contributed by atoms with Crippen molar-refractivity contribution in [2.24, 2.45) is 0 Å². The minimum absolute atomic E-state index is 0. The van der Waals surface area contributed by atoms with Gasteiger partial charge in [0.1, 0.15) is 30.5 Å². The zero-order chi connectivity index (χ0) is 24.9.